The Balaban J connectivity index is 1.99. The van der Waals surface area contributed by atoms with Crippen molar-refractivity contribution >= 4 is 22.4 Å². The lowest BCUT2D eigenvalue weighted by molar-refractivity contribution is -0.114. The fourth-order valence-corrected chi connectivity index (χ4v) is 3.03. The number of thiazole rings is 1. The molecule has 0 aliphatic rings. The molecule has 0 unspecified atom stereocenters. The fraction of sp³-hybridized carbons (Fsp3) is 0.125. The van der Waals surface area contributed by atoms with Gasteiger partial charge in [-0.1, -0.05) is 41.7 Å². The number of nitrogens with zero attached hydrogens (tertiary/aromatic N) is 3. The first-order valence-electron chi connectivity index (χ1n) is 6.77. The van der Waals surface area contributed by atoms with E-state index in [1.54, 1.807) is 6.20 Å². The zero-order valence-corrected chi connectivity index (χ0v) is 13.0. The Morgan fingerprint density at radius 2 is 1.91 bits per heavy atom. The molecule has 0 radical (unpaired) electrons. The number of aromatic nitrogens is 3. The van der Waals surface area contributed by atoms with Gasteiger partial charge in [-0.15, -0.1) is 0 Å². The zero-order chi connectivity index (χ0) is 15.5. The molecule has 110 valence electrons. The van der Waals surface area contributed by atoms with Crippen LogP contribution in [0.5, 0.6) is 0 Å². The molecule has 3 rings (SSSR count). The van der Waals surface area contributed by atoms with Gasteiger partial charge in [0.15, 0.2) is 11.0 Å². The van der Waals surface area contributed by atoms with Crippen molar-refractivity contribution in [2.75, 3.05) is 5.32 Å². The van der Waals surface area contributed by atoms with Crippen molar-refractivity contribution < 1.29 is 4.79 Å². The largest absolute Gasteiger partial charge is 0.302 e. The van der Waals surface area contributed by atoms with E-state index >= 15 is 0 Å². The molecular formula is C16H14N4OS. The number of nitrogens with one attached hydrogen (secondary N) is 1. The molecule has 0 aliphatic carbocycles. The van der Waals surface area contributed by atoms with Crippen LogP contribution in [-0.2, 0) is 4.79 Å². The Bertz CT molecular complexity index is 814. The quantitative estimate of drug-likeness (QED) is 0.803. The number of carbonyl (C=O) groups is 1. The molecule has 2 heterocycles. The molecule has 0 saturated carbocycles. The molecule has 0 aliphatic heterocycles. The normalized spacial score (nSPS) is 10.5. The van der Waals surface area contributed by atoms with Crippen LogP contribution in [0.4, 0.5) is 5.13 Å². The van der Waals surface area contributed by atoms with Gasteiger partial charge in [0.25, 0.3) is 0 Å². The minimum Gasteiger partial charge on any atom is -0.302 e. The molecular weight excluding hydrogens is 296 g/mol. The monoisotopic (exact) mass is 310 g/mol. The first kappa shape index (κ1) is 14.3. The second-order valence-electron chi connectivity index (χ2n) is 4.75. The van der Waals surface area contributed by atoms with Crippen LogP contribution in [0.25, 0.3) is 22.0 Å². The van der Waals surface area contributed by atoms with E-state index < -0.39 is 0 Å². The Hall–Kier alpha value is -2.60. The van der Waals surface area contributed by atoms with E-state index in [4.69, 9.17) is 0 Å². The van der Waals surface area contributed by atoms with Gasteiger partial charge in [-0.3, -0.25) is 4.79 Å². The van der Waals surface area contributed by atoms with E-state index in [2.05, 4.69) is 20.3 Å². The van der Waals surface area contributed by atoms with Crippen LogP contribution in [-0.4, -0.2) is 20.9 Å². The third-order valence-electron chi connectivity index (χ3n) is 3.00. The maximum absolute atomic E-state index is 11.1. The summed E-state index contributed by atoms with van der Waals surface area (Å²) in [6.45, 7) is 3.37. The number of aryl methyl sites for hydroxylation is 1. The summed E-state index contributed by atoms with van der Waals surface area (Å²) in [5.41, 5.74) is 2.61. The Labute approximate surface area is 132 Å². The minimum absolute atomic E-state index is 0.132. The standard InChI is InChI=1S/C16H14N4OS/c1-10-14(22-16(18-10)19-11(2)21)13-8-9-17-15(20-13)12-6-4-3-5-7-12/h3-9H,1-2H3,(H,18,19,21). The molecule has 22 heavy (non-hydrogen) atoms. The number of hydrogen-bond donors (Lipinski definition) is 1. The van der Waals surface area contributed by atoms with E-state index in [9.17, 15) is 4.79 Å². The van der Waals surface area contributed by atoms with Crippen LogP contribution in [0.2, 0.25) is 0 Å². The number of hydrogen-bond acceptors (Lipinski definition) is 5. The smallest absolute Gasteiger partial charge is 0.223 e. The number of benzene rings is 1. The van der Waals surface area contributed by atoms with E-state index in [1.165, 1.54) is 18.3 Å². The van der Waals surface area contributed by atoms with Crippen LogP contribution in [0, 0.1) is 6.92 Å². The average Bonchev–Trinajstić information content (AvgIpc) is 2.88. The molecule has 5 nitrogen and oxygen atoms in total. The fourth-order valence-electron chi connectivity index (χ4n) is 2.05. The number of carbonyl (C=O) groups excluding carboxylic acids is 1. The van der Waals surface area contributed by atoms with Crippen molar-refractivity contribution in [2.24, 2.45) is 0 Å². The molecule has 1 N–H and O–H groups in total. The predicted octanol–water partition coefficient (Wildman–Crippen LogP) is 3.53. The van der Waals surface area contributed by atoms with E-state index in [-0.39, 0.29) is 5.91 Å². The molecule has 0 bridgehead atoms. The molecule has 0 atom stereocenters. The lowest BCUT2D eigenvalue weighted by atomic mass is 10.2. The zero-order valence-electron chi connectivity index (χ0n) is 12.2. The van der Waals surface area contributed by atoms with Crippen LogP contribution in [0.15, 0.2) is 42.6 Å². The summed E-state index contributed by atoms with van der Waals surface area (Å²) < 4.78 is 0. The number of rotatable bonds is 3. The highest BCUT2D eigenvalue weighted by molar-refractivity contribution is 7.19. The van der Waals surface area contributed by atoms with Crippen LogP contribution in [0.3, 0.4) is 0 Å². The van der Waals surface area contributed by atoms with Gasteiger partial charge in [-0.2, -0.15) is 0 Å². The third kappa shape index (κ3) is 3.01. The molecule has 0 spiro atoms. The Kier molecular flexibility index (Phi) is 3.93. The van der Waals surface area contributed by atoms with Gasteiger partial charge in [0.2, 0.25) is 5.91 Å². The first-order chi connectivity index (χ1) is 10.6. The van der Waals surface area contributed by atoms with Crippen molar-refractivity contribution in [1.82, 2.24) is 15.0 Å². The van der Waals surface area contributed by atoms with E-state index in [0.717, 1.165) is 21.8 Å². The third-order valence-corrected chi connectivity index (χ3v) is 4.10. The molecule has 0 saturated heterocycles. The summed E-state index contributed by atoms with van der Waals surface area (Å²) in [7, 11) is 0. The predicted molar refractivity (Wildman–Crippen MR) is 87.6 cm³/mol. The van der Waals surface area contributed by atoms with Gasteiger partial charge in [0.1, 0.15) is 0 Å². The highest BCUT2D eigenvalue weighted by Crippen LogP contribution is 2.32. The number of anilines is 1. The van der Waals surface area contributed by atoms with Gasteiger partial charge in [-0.05, 0) is 13.0 Å². The van der Waals surface area contributed by atoms with Crippen molar-refractivity contribution in [2.45, 2.75) is 13.8 Å². The molecule has 6 heteroatoms. The van der Waals surface area contributed by atoms with Gasteiger partial charge in [-0.25, -0.2) is 15.0 Å². The van der Waals surface area contributed by atoms with E-state index in [1.807, 2.05) is 43.3 Å². The highest BCUT2D eigenvalue weighted by Gasteiger charge is 2.13. The molecule has 1 amide bonds. The van der Waals surface area contributed by atoms with Gasteiger partial charge < -0.3 is 5.32 Å². The second-order valence-corrected chi connectivity index (χ2v) is 5.75. The Morgan fingerprint density at radius 1 is 1.14 bits per heavy atom. The lowest BCUT2D eigenvalue weighted by Gasteiger charge is -2.02. The lowest BCUT2D eigenvalue weighted by Crippen LogP contribution is -2.04. The molecule has 1 aromatic carbocycles. The van der Waals surface area contributed by atoms with Crippen molar-refractivity contribution in [1.29, 1.82) is 0 Å². The van der Waals surface area contributed by atoms with Crippen molar-refractivity contribution in [3.05, 3.63) is 48.3 Å². The summed E-state index contributed by atoms with van der Waals surface area (Å²) in [6.07, 6.45) is 1.74. The van der Waals surface area contributed by atoms with Crippen LogP contribution in [0.1, 0.15) is 12.6 Å². The van der Waals surface area contributed by atoms with E-state index in [0.29, 0.717) is 11.0 Å². The molecule has 3 aromatic rings. The van der Waals surface area contributed by atoms with Crippen LogP contribution < -0.4 is 5.32 Å². The summed E-state index contributed by atoms with van der Waals surface area (Å²) >= 11 is 1.41. The summed E-state index contributed by atoms with van der Waals surface area (Å²) in [5.74, 6) is 0.542. The first-order valence-corrected chi connectivity index (χ1v) is 7.59. The second kappa shape index (κ2) is 6.03. The van der Waals surface area contributed by atoms with Gasteiger partial charge >= 0.3 is 0 Å². The summed E-state index contributed by atoms with van der Waals surface area (Å²) in [6, 6.07) is 11.7. The Morgan fingerprint density at radius 3 is 2.64 bits per heavy atom. The summed E-state index contributed by atoms with van der Waals surface area (Å²) in [4.78, 5) is 25.4. The maximum atomic E-state index is 11.1. The van der Waals surface area contributed by atoms with Gasteiger partial charge in [0, 0.05) is 18.7 Å². The molecule has 2 aromatic heterocycles. The minimum atomic E-state index is -0.132. The van der Waals surface area contributed by atoms with Crippen LogP contribution >= 0.6 is 11.3 Å². The maximum Gasteiger partial charge on any atom is 0.223 e. The van der Waals surface area contributed by atoms with Gasteiger partial charge in [0.05, 0.1) is 16.3 Å². The SMILES string of the molecule is CC(=O)Nc1nc(C)c(-c2ccnc(-c3ccccc3)n2)s1. The summed E-state index contributed by atoms with van der Waals surface area (Å²) in [5, 5.41) is 3.29. The van der Waals surface area contributed by atoms with Crippen molar-refractivity contribution in [3.8, 4) is 22.0 Å². The number of amides is 1. The highest BCUT2D eigenvalue weighted by atomic mass is 32.1. The molecule has 0 fully saturated rings. The topological polar surface area (TPSA) is 67.8 Å². The average molecular weight is 310 g/mol. The van der Waals surface area contributed by atoms with Crippen molar-refractivity contribution in [3.63, 3.8) is 0 Å².